The van der Waals surface area contributed by atoms with Crippen LogP contribution in [0.1, 0.15) is 69.8 Å². The lowest BCUT2D eigenvalue weighted by molar-refractivity contribution is 0.285. The fraction of sp³-hybridized carbons (Fsp3) is 0.462. The second-order valence-electron chi connectivity index (χ2n) is 8.12. The van der Waals surface area contributed by atoms with Crippen molar-refractivity contribution in [1.29, 1.82) is 0 Å². The molecule has 1 saturated carbocycles. The van der Waals surface area contributed by atoms with Gasteiger partial charge in [0.2, 0.25) is 5.82 Å². The van der Waals surface area contributed by atoms with Gasteiger partial charge in [0.1, 0.15) is 0 Å². The van der Waals surface area contributed by atoms with Gasteiger partial charge in [-0.3, -0.25) is 0 Å². The molecule has 0 aromatic heterocycles. The van der Waals surface area contributed by atoms with Gasteiger partial charge in [0.25, 0.3) is 0 Å². The Morgan fingerprint density at radius 1 is 0.931 bits per heavy atom. The highest BCUT2D eigenvalue weighted by molar-refractivity contribution is 5.65. The van der Waals surface area contributed by atoms with E-state index in [0.29, 0.717) is 24.0 Å². The predicted molar refractivity (Wildman–Crippen MR) is 116 cm³/mol. The Labute approximate surface area is 173 Å². The minimum Gasteiger partial charge on any atom is -0.490 e. The fourth-order valence-corrected chi connectivity index (χ4v) is 4.20. The highest BCUT2D eigenvalue weighted by Gasteiger charge is 2.21. The van der Waals surface area contributed by atoms with Crippen LogP contribution in [0.2, 0.25) is 0 Å². The lowest BCUT2D eigenvalue weighted by atomic mass is 9.78. The Morgan fingerprint density at radius 3 is 2.31 bits per heavy atom. The van der Waals surface area contributed by atoms with E-state index in [1.54, 1.807) is 6.07 Å². The van der Waals surface area contributed by atoms with E-state index >= 15 is 0 Å². The zero-order valence-electron chi connectivity index (χ0n) is 17.4. The van der Waals surface area contributed by atoms with Crippen LogP contribution >= 0.6 is 0 Å². The average molecular weight is 399 g/mol. The molecule has 1 nitrogen and oxygen atoms in total. The van der Waals surface area contributed by atoms with Crippen LogP contribution in [-0.4, -0.2) is 6.61 Å². The van der Waals surface area contributed by atoms with Crippen LogP contribution in [0.3, 0.4) is 0 Å². The first kappa shape index (κ1) is 21.5. The maximum absolute atomic E-state index is 14.7. The molecule has 0 heterocycles. The molecule has 0 atom stereocenters. The summed E-state index contributed by atoms with van der Waals surface area (Å²) in [5, 5.41) is 0. The van der Waals surface area contributed by atoms with Crippen molar-refractivity contribution in [1.82, 2.24) is 0 Å². The lowest BCUT2D eigenvalue weighted by Gasteiger charge is -2.27. The molecule has 0 N–H and O–H groups in total. The summed E-state index contributed by atoms with van der Waals surface area (Å²) in [7, 11) is 0. The molecule has 1 fully saturated rings. The van der Waals surface area contributed by atoms with E-state index in [0.717, 1.165) is 38.5 Å². The number of rotatable bonds is 9. The molecule has 1 aliphatic carbocycles. The van der Waals surface area contributed by atoms with Crippen LogP contribution in [0.25, 0.3) is 11.1 Å². The van der Waals surface area contributed by atoms with Gasteiger partial charge in [-0.25, -0.2) is 4.39 Å². The molecule has 3 rings (SSSR count). The minimum absolute atomic E-state index is 0.00153. The van der Waals surface area contributed by atoms with Gasteiger partial charge in [-0.05, 0) is 67.2 Å². The highest BCUT2D eigenvalue weighted by Crippen LogP contribution is 2.37. The van der Waals surface area contributed by atoms with Crippen LogP contribution in [0.5, 0.6) is 5.75 Å². The van der Waals surface area contributed by atoms with E-state index in [-0.39, 0.29) is 11.3 Å². The normalized spacial score (nSPS) is 19.1. The lowest BCUT2D eigenvalue weighted by Crippen LogP contribution is -2.11. The first-order valence-electron chi connectivity index (χ1n) is 11.0. The van der Waals surface area contributed by atoms with Gasteiger partial charge in [0.15, 0.2) is 11.6 Å². The molecule has 2 aromatic rings. The van der Waals surface area contributed by atoms with E-state index < -0.39 is 11.6 Å². The SMILES string of the molecule is C=CC1CCC(c2ccc(-c3ccc(OCCCCCC)c(F)c3F)cc2)CC1. The monoisotopic (exact) mass is 398 g/mol. The summed E-state index contributed by atoms with van der Waals surface area (Å²) in [5.74, 6) is -0.557. The summed E-state index contributed by atoms with van der Waals surface area (Å²) >= 11 is 0. The molecule has 0 spiro atoms. The number of hydrogen-bond donors (Lipinski definition) is 0. The van der Waals surface area contributed by atoms with Crippen LogP contribution < -0.4 is 4.74 Å². The van der Waals surface area contributed by atoms with Crippen LogP contribution in [0.15, 0.2) is 49.1 Å². The number of hydrogen-bond acceptors (Lipinski definition) is 1. The van der Waals surface area contributed by atoms with Crippen molar-refractivity contribution >= 4 is 0 Å². The molecule has 0 saturated heterocycles. The average Bonchev–Trinajstić information content (AvgIpc) is 2.77. The van der Waals surface area contributed by atoms with Gasteiger partial charge in [0.05, 0.1) is 6.61 Å². The Kier molecular flexibility index (Phi) is 7.85. The zero-order valence-corrected chi connectivity index (χ0v) is 17.4. The van der Waals surface area contributed by atoms with Crippen molar-refractivity contribution in [2.45, 2.75) is 64.2 Å². The van der Waals surface area contributed by atoms with Gasteiger partial charge in [-0.1, -0.05) is 56.5 Å². The molecule has 2 aromatic carbocycles. The number of unbranched alkanes of at least 4 members (excludes halogenated alkanes) is 3. The standard InChI is InChI=1S/C26H32F2O/c1-3-5-6-7-18-29-24-17-16-23(25(27)26(24)28)22-14-12-21(13-15-22)20-10-8-19(4-2)9-11-20/h4,12-17,19-20H,2-3,5-11,18H2,1H3. The summed E-state index contributed by atoms with van der Waals surface area (Å²) in [5.41, 5.74) is 2.26. The number of ether oxygens (including phenoxy) is 1. The van der Waals surface area contributed by atoms with Gasteiger partial charge < -0.3 is 4.74 Å². The molecule has 0 radical (unpaired) electrons. The maximum atomic E-state index is 14.7. The molecule has 0 amide bonds. The Hall–Kier alpha value is -2.16. The van der Waals surface area contributed by atoms with Crippen LogP contribution in [-0.2, 0) is 0 Å². The quantitative estimate of drug-likeness (QED) is 0.307. The Morgan fingerprint density at radius 2 is 1.66 bits per heavy atom. The second kappa shape index (κ2) is 10.6. The van der Waals surface area contributed by atoms with Crippen molar-refractivity contribution in [2.24, 2.45) is 5.92 Å². The summed E-state index contributed by atoms with van der Waals surface area (Å²) in [6.07, 6.45) is 10.9. The van der Waals surface area contributed by atoms with Crippen molar-refractivity contribution < 1.29 is 13.5 Å². The van der Waals surface area contributed by atoms with Crippen molar-refractivity contribution in [3.63, 3.8) is 0 Å². The third-order valence-corrected chi connectivity index (χ3v) is 6.10. The second-order valence-corrected chi connectivity index (χ2v) is 8.12. The van der Waals surface area contributed by atoms with Crippen molar-refractivity contribution in [3.05, 3.63) is 66.3 Å². The van der Waals surface area contributed by atoms with Gasteiger partial charge in [-0.15, -0.1) is 6.58 Å². The number of benzene rings is 2. The van der Waals surface area contributed by atoms with Gasteiger partial charge >= 0.3 is 0 Å². The molecule has 29 heavy (non-hydrogen) atoms. The van der Waals surface area contributed by atoms with E-state index in [4.69, 9.17) is 4.74 Å². The first-order valence-corrected chi connectivity index (χ1v) is 11.0. The minimum atomic E-state index is -0.898. The van der Waals surface area contributed by atoms with Crippen molar-refractivity contribution in [2.75, 3.05) is 6.61 Å². The maximum Gasteiger partial charge on any atom is 0.201 e. The molecular weight excluding hydrogens is 366 g/mol. The molecule has 0 bridgehead atoms. The highest BCUT2D eigenvalue weighted by atomic mass is 19.2. The molecule has 1 aliphatic rings. The summed E-state index contributed by atoms with van der Waals surface area (Å²) < 4.78 is 34.6. The zero-order chi connectivity index (χ0) is 20.6. The Balaban J connectivity index is 1.65. The van der Waals surface area contributed by atoms with Gasteiger partial charge in [0, 0.05) is 5.56 Å². The van der Waals surface area contributed by atoms with Crippen LogP contribution in [0.4, 0.5) is 8.78 Å². The van der Waals surface area contributed by atoms with Gasteiger partial charge in [-0.2, -0.15) is 4.39 Å². The third-order valence-electron chi connectivity index (χ3n) is 6.10. The van der Waals surface area contributed by atoms with Crippen LogP contribution in [0, 0.1) is 17.6 Å². The fourth-order valence-electron chi connectivity index (χ4n) is 4.20. The summed E-state index contributed by atoms with van der Waals surface area (Å²) in [4.78, 5) is 0. The first-order chi connectivity index (χ1) is 14.1. The topological polar surface area (TPSA) is 9.23 Å². The molecular formula is C26H32F2O. The number of halogens is 2. The largest absolute Gasteiger partial charge is 0.490 e. The van der Waals surface area contributed by atoms with E-state index in [2.05, 4.69) is 31.7 Å². The summed E-state index contributed by atoms with van der Waals surface area (Å²) in [6.45, 7) is 6.45. The molecule has 156 valence electrons. The van der Waals surface area contributed by atoms with E-state index in [1.807, 2.05) is 12.1 Å². The van der Waals surface area contributed by atoms with Crippen molar-refractivity contribution in [3.8, 4) is 16.9 Å². The molecule has 3 heteroatoms. The van der Waals surface area contributed by atoms with E-state index in [9.17, 15) is 8.78 Å². The smallest absolute Gasteiger partial charge is 0.201 e. The van der Waals surface area contributed by atoms with E-state index in [1.165, 1.54) is 24.5 Å². The third kappa shape index (κ3) is 5.46. The molecule has 0 unspecified atom stereocenters. The summed E-state index contributed by atoms with van der Waals surface area (Å²) in [6, 6.07) is 11.1. The molecule has 0 aliphatic heterocycles. The number of allylic oxidation sites excluding steroid dienone is 1. The predicted octanol–water partition coefficient (Wildman–Crippen LogP) is 8.05. The Bertz CT molecular complexity index is 789.